The SMILES string of the molecule is CC(C)(C)OC(=O)N1CCN(CCOc2ccc(-c3cnc4c(Br)cnn4c3)cn2)CC1. The van der Waals surface area contributed by atoms with Crippen LogP contribution in [0.25, 0.3) is 16.8 Å². The van der Waals surface area contributed by atoms with Gasteiger partial charge < -0.3 is 14.4 Å². The molecule has 0 saturated carbocycles. The molecule has 0 spiro atoms. The number of nitrogens with zero attached hydrogens (tertiary/aromatic N) is 6. The Balaban J connectivity index is 1.23. The van der Waals surface area contributed by atoms with E-state index in [9.17, 15) is 4.79 Å². The average Bonchev–Trinajstić information content (AvgIpc) is 3.14. The van der Waals surface area contributed by atoms with E-state index in [1.165, 1.54) is 0 Å². The molecule has 4 heterocycles. The quantitative estimate of drug-likeness (QED) is 0.527. The molecule has 3 aromatic heterocycles. The summed E-state index contributed by atoms with van der Waals surface area (Å²) >= 11 is 3.43. The number of hydrogen-bond donors (Lipinski definition) is 0. The number of fused-ring (bicyclic) bond motifs is 1. The van der Waals surface area contributed by atoms with Crippen LogP contribution in [0.4, 0.5) is 4.79 Å². The first-order valence-corrected chi connectivity index (χ1v) is 11.4. The van der Waals surface area contributed by atoms with Crippen molar-refractivity contribution in [3.05, 3.63) is 41.4 Å². The number of pyridine rings is 1. The van der Waals surface area contributed by atoms with Gasteiger partial charge in [0.25, 0.3) is 0 Å². The van der Waals surface area contributed by atoms with Crippen molar-refractivity contribution in [1.29, 1.82) is 0 Å². The van der Waals surface area contributed by atoms with E-state index < -0.39 is 5.60 Å². The Morgan fingerprint density at radius 2 is 1.81 bits per heavy atom. The molecule has 32 heavy (non-hydrogen) atoms. The van der Waals surface area contributed by atoms with Crippen LogP contribution in [0.5, 0.6) is 5.88 Å². The summed E-state index contributed by atoms with van der Waals surface area (Å²) in [6, 6.07) is 3.82. The molecule has 170 valence electrons. The lowest BCUT2D eigenvalue weighted by Gasteiger charge is -2.35. The number of amides is 1. The van der Waals surface area contributed by atoms with E-state index in [1.807, 2.05) is 39.1 Å². The Labute approximate surface area is 195 Å². The minimum atomic E-state index is -0.468. The van der Waals surface area contributed by atoms with E-state index >= 15 is 0 Å². The van der Waals surface area contributed by atoms with Crippen LogP contribution in [0.15, 0.2) is 41.4 Å². The van der Waals surface area contributed by atoms with Crippen molar-refractivity contribution in [2.75, 3.05) is 39.3 Å². The molecular formula is C22H27BrN6O3. The van der Waals surface area contributed by atoms with Crippen LogP contribution in [0.3, 0.4) is 0 Å². The Kier molecular flexibility index (Phi) is 6.61. The highest BCUT2D eigenvalue weighted by molar-refractivity contribution is 9.10. The Bertz CT molecular complexity index is 1070. The molecule has 0 N–H and O–H groups in total. The van der Waals surface area contributed by atoms with E-state index in [1.54, 1.807) is 28.0 Å². The fourth-order valence-corrected chi connectivity index (χ4v) is 3.77. The number of hydrogen-bond acceptors (Lipinski definition) is 7. The fraction of sp³-hybridized carbons (Fsp3) is 0.455. The highest BCUT2D eigenvalue weighted by atomic mass is 79.9. The zero-order valence-corrected chi connectivity index (χ0v) is 20.1. The molecule has 4 rings (SSSR count). The first kappa shape index (κ1) is 22.5. The van der Waals surface area contributed by atoms with Crippen molar-refractivity contribution in [3.63, 3.8) is 0 Å². The van der Waals surface area contributed by atoms with Crippen LogP contribution >= 0.6 is 15.9 Å². The molecule has 0 aromatic carbocycles. The van der Waals surface area contributed by atoms with Crippen molar-refractivity contribution in [1.82, 2.24) is 29.4 Å². The van der Waals surface area contributed by atoms with Crippen LogP contribution in [-0.4, -0.2) is 80.4 Å². The Morgan fingerprint density at radius 3 is 2.50 bits per heavy atom. The number of halogens is 1. The van der Waals surface area contributed by atoms with Gasteiger partial charge in [0.15, 0.2) is 5.65 Å². The zero-order chi connectivity index (χ0) is 22.7. The number of rotatable bonds is 5. The summed E-state index contributed by atoms with van der Waals surface area (Å²) in [7, 11) is 0. The summed E-state index contributed by atoms with van der Waals surface area (Å²) in [6.45, 7) is 9.88. The number of piperazine rings is 1. The minimum Gasteiger partial charge on any atom is -0.476 e. The summed E-state index contributed by atoms with van der Waals surface area (Å²) in [5.74, 6) is 0.581. The molecule has 1 aliphatic rings. The van der Waals surface area contributed by atoms with Gasteiger partial charge in [-0.3, -0.25) is 4.90 Å². The van der Waals surface area contributed by atoms with Gasteiger partial charge in [0.05, 0.1) is 10.7 Å². The van der Waals surface area contributed by atoms with Crippen LogP contribution < -0.4 is 4.74 Å². The van der Waals surface area contributed by atoms with Gasteiger partial charge >= 0.3 is 6.09 Å². The Morgan fingerprint density at radius 1 is 1.06 bits per heavy atom. The van der Waals surface area contributed by atoms with Gasteiger partial charge in [0, 0.05) is 68.5 Å². The molecule has 1 aliphatic heterocycles. The highest BCUT2D eigenvalue weighted by Gasteiger charge is 2.25. The second-order valence-electron chi connectivity index (χ2n) is 8.65. The van der Waals surface area contributed by atoms with E-state index in [0.717, 1.165) is 40.9 Å². The molecule has 9 nitrogen and oxygen atoms in total. The second-order valence-corrected chi connectivity index (χ2v) is 9.50. The summed E-state index contributed by atoms with van der Waals surface area (Å²) in [6.07, 6.45) is 6.97. The van der Waals surface area contributed by atoms with Gasteiger partial charge in [-0.1, -0.05) is 0 Å². The van der Waals surface area contributed by atoms with Crippen LogP contribution in [0.1, 0.15) is 20.8 Å². The third-order valence-corrected chi connectivity index (χ3v) is 5.62. The van der Waals surface area contributed by atoms with Crippen LogP contribution in [0.2, 0.25) is 0 Å². The normalized spacial score (nSPS) is 15.2. The van der Waals surface area contributed by atoms with Crippen LogP contribution in [-0.2, 0) is 4.74 Å². The number of carbonyl (C=O) groups is 1. The molecule has 0 atom stereocenters. The van der Waals surface area contributed by atoms with Crippen LogP contribution in [0, 0.1) is 0 Å². The third-order valence-electron chi connectivity index (χ3n) is 5.06. The maximum atomic E-state index is 12.2. The van der Waals surface area contributed by atoms with Gasteiger partial charge in [-0.25, -0.2) is 19.3 Å². The van der Waals surface area contributed by atoms with Crippen molar-refractivity contribution >= 4 is 27.7 Å². The smallest absolute Gasteiger partial charge is 0.410 e. The molecule has 0 bridgehead atoms. The van der Waals surface area contributed by atoms with Gasteiger partial charge in [0.2, 0.25) is 5.88 Å². The summed E-state index contributed by atoms with van der Waals surface area (Å²) in [5.41, 5.74) is 2.17. The number of ether oxygens (including phenoxy) is 2. The first-order valence-electron chi connectivity index (χ1n) is 10.6. The summed E-state index contributed by atoms with van der Waals surface area (Å²) < 4.78 is 13.8. The van der Waals surface area contributed by atoms with E-state index in [4.69, 9.17) is 9.47 Å². The number of aromatic nitrogens is 4. The van der Waals surface area contributed by atoms with Crippen molar-refractivity contribution < 1.29 is 14.3 Å². The molecule has 1 amide bonds. The predicted molar refractivity (Wildman–Crippen MR) is 124 cm³/mol. The molecule has 1 fully saturated rings. The number of carbonyl (C=O) groups excluding carboxylic acids is 1. The summed E-state index contributed by atoms with van der Waals surface area (Å²) in [5, 5.41) is 4.27. The Hall–Kier alpha value is -2.72. The minimum absolute atomic E-state index is 0.243. The summed E-state index contributed by atoms with van der Waals surface area (Å²) in [4.78, 5) is 25.0. The fourth-order valence-electron chi connectivity index (χ4n) is 3.39. The zero-order valence-electron chi connectivity index (χ0n) is 18.5. The average molecular weight is 503 g/mol. The molecular weight excluding hydrogens is 476 g/mol. The molecule has 10 heteroatoms. The monoisotopic (exact) mass is 502 g/mol. The maximum Gasteiger partial charge on any atom is 0.410 e. The topological polar surface area (TPSA) is 85.1 Å². The molecule has 0 radical (unpaired) electrons. The molecule has 3 aromatic rings. The van der Waals surface area contributed by atoms with Crippen molar-refractivity contribution in [2.24, 2.45) is 0 Å². The standard InChI is InChI=1S/C22H27BrN6O3/c1-22(2,3)32-21(30)28-8-6-27(7-9-28)10-11-31-19-5-4-16(12-24-19)17-13-25-20-18(23)14-26-29(20)15-17/h4-5,12-15H,6-11H2,1-3H3. The van der Waals surface area contributed by atoms with E-state index in [-0.39, 0.29) is 6.09 Å². The third kappa shape index (κ3) is 5.55. The van der Waals surface area contributed by atoms with E-state index in [2.05, 4.69) is 35.9 Å². The largest absolute Gasteiger partial charge is 0.476 e. The highest BCUT2D eigenvalue weighted by Crippen LogP contribution is 2.22. The molecule has 0 unspecified atom stereocenters. The second kappa shape index (κ2) is 9.41. The van der Waals surface area contributed by atoms with E-state index in [0.29, 0.717) is 25.6 Å². The van der Waals surface area contributed by atoms with Gasteiger partial charge in [-0.15, -0.1) is 0 Å². The van der Waals surface area contributed by atoms with Crippen molar-refractivity contribution in [2.45, 2.75) is 26.4 Å². The lowest BCUT2D eigenvalue weighted by Crippen LogP contribution is -2.50. The molecule has 0 aliphatic carbocycles. The van der Waals surface area contributed by atoms with Gasteiger partial charge in [0.1, 0.15) is 12.2 Å². The van der Waals surface area contributed by atoms with Crippen molar-refractivity contribution in [3.8, 4) is 17.0 Å². The lowest BCUT2D eigenvalue weighted by molar-refractivity contribution is 0.0136. The lowest BCUT2D eigenvalue weighted by atomic mass is 10.1. The van der Waals surface area contributed by atoms with Gasteiger partial charge in [-0.2, -0.15) is 5.10 Å². The first-order chi connectivity index (χ1) is 15.3. The maximum absolute atomic E-state index is 12.2. The predicted octanol–water partition coefficient (Wildman–Crippen LogP) is 3.49. The van der Waals surface area contributed by atoms with Gasteiger partial charge in [-0.05, 0) is 42.8 Å². The molecule has 1 saturated heterocycles.